The van der Waals surface area contributed by atoms with Crippen LogP contribution in [0.2, 0.25) is 0 Å². The summed E-state index contributed by atoms with van der Waals surface area (Å²) in [6.07, 6.45) is 5.28. The number of hydrazine groups is 2. The van der Waals surface area contributed by atoms with Gasteiger partial charge >= 0.3 is 0 Å². The van der Waals surface area contributed by atoms with E-state index in [0.29, 0.717) is 5.71 Å². The molecule has 0 saturated heterocycles. The largest absolute Gasteiger partial charge is 0.285 e. The molecule has 1 aliphatic rings. The van der Waals surface area contributed by atoms with E-state index in [-0.39, 0.29) is 5.91 Å². The van der Waals surface area contributed by atoms with Gasteiger partial charge in [0.15, 0.2) is 0 Å². The normalized spacial score (nSPS) is 15.6. The molecule has 5 heteroatoms. The van der Waals surface area contributed by atoms with Gasteiger partial charge in [0, 0.05) is 12.6 Å². The quantitative estimate of drug-likeness (QED) is 0.721. The number of hydrazone groups is 1. The predicted molar refractivity (Wildman–Crippen MR) is 65.9 cm³/mol. The maximum atomic E-state index is 11.5. The highest BCUT2D eigenvalue weighted by Gasteiger charge is 2.21. The molecule has 1 aromatic carbocycles. The molecule has 0 aromatic heterocycles. The summed E-state index contributed by atoms with van der Waals surface area (Å²) in [6.45, 7) is 1.67. The molecule has 17 heavy (non-hydrogen) atoms. The van der Waals surface area contributed by atoms with E-state index in [9.17, 15) is 4.79 Å². The van der Waals surface area contributed by atoms with Gasteiger partial charge in [-0.25, -0.2) is 0 Å². The van der Waals surface area contributed by atoms with Crippen molar-refractivity contribution in [3.63, 3.8) is 0 Å². The number of anilines is 1. The van der Waals surface area contributed by atoms with Crippen LogP contribution < -0.4 is 10.7 Å². The number of terminal acetylenes is 1. The van der Waals surface area contributed by atoms with Crippen molar-refractivity contribution in [1.82, 2.24) is 10.5 Å². The van der Waals surface area contributed by atoms with Gasteiger partial charge in [0.25, 0.3) is 5.91 Å². The molecule has 0 fully saturated rings. The van der Waals surface area contributed by atoms with E-state index in [1.54, 1.807) is 14.0 Å². The Kier molecular flexibility index (Phi) is 2.81. The number of benzene rings is 1. The average molecular weight is 228 g/mol. The van der Waals surface area contributed by atoms with Gasteiger partial charge in [-0.2, -0.15) is 10.2 Å². The number of hydrogen-bond donors (Lipinski definition) is 1. The highest BCUT2D eigenvalue weighted by Crippen LogP contribution is 2.15. The molecule has 1 aromatic rings. The molecule has 1 aliphatic heterocycles. The minimum atomic E-state index is -0.151. The maximum absolute atomic E-state index is 11.5. The second kappa shape index (κ2) is 4.28. The Balaban J connectivity index is 2.29. The second-order valence-corrected chi connectivity index (χ2v) is 3.65. The van der Waals surface area contributed by atoms with Gasteiger partial charge in [0.05, 0.1) is 5.69 Å². The summed E-state index contributed by atoms with van der Waals surface area (Å²) in [5.41, 5.74) is 4.86. The van der Waals surface area contributed by atoms with E-state index in [2.05, 4.69) is 16.6 Å². The summed E-state index contributed by atoms with van der Waals surface area (Å²) in [6, 6.07) is 7.31. The highest BCUT2D eigenvalue weighted by molar-refractivity contribution is 6.38. The van der Waals surface area contributed by atoms with Crippen molar-refractivity contribution in [1.29, 1.82) is 0 Å². The van der Waals surface area contributed by atoms with Crippen LogP contribution in [0.3, 0.4) is 0 Å². The zero-order valence-electron chi connectivity index (χ0n) is 9.64. The summed E-state index contributed by atoms with van der Waals surface area (Å²) in [5, 5.41) is 7.03. The lowest BCUT2D eigenvalue weighted by Gasteiger charge is -2.31. The van der Waals surface area contributed by atoms with E-state index in [1.165, 1.54) is 10.1 Å². The number of nitrogens with one attached hydrogen (secondary N) is 1. The molecule has 5 nitrogen and oxygen atoms in total. The number of carbonyl (C=O) groups excluding carboxylic acids is 1. The first-order valence-electron chi connectivity index (χ1n) is 5.08. The molecule has 1 amide bonds. The first-order chi connectivity index (χ1) is 8.11. The van der Waals surface area contributed by atoms with Crippen molar-refractivity contribution in [2.45, 2.75) is 6.92 Å². The molecule has 0 bridgehead atoms. The Morgan fingerprint density at radius 1 is 1.35 bits per heavy atom. The van der Waals surface area contributed by atoms with Gasteiger partial charge in [-0.05, 0) is 31.2 Å². The van der Waals surface area contributed by atoms with Crippen LogP contribution in [0.1, 0.15) is 12.5 Å². The van der Waals surface area contributed by atoms with Gasteiger partial charge in [0.1, 0.15) is 5.71 Å². The van der Waals surface area contributed by atoms with Gasteiger partial charge < -0.3 is 0 Å². The van der Waals surface area contributed by atoms with Gasteiger partial charge in [-0.15, -0.1) is 12.0 Å². The fraction of sp³-hybridized carbons (Fsp3) is 0.167. The molecule has 0 unspecified atom stereocenters. The van der Waals surface area contributed by atoms with Gasteiger partial charge in [0.2, 0.25) is 0 Å². The van der Waals surface area contributed by atoms with E-state index in [1.807, 2.05) is 24.3 Å². The van der Waals surface area contributed by atoms with E-state index >= 15 is 0 Å². The van der Waals surface area contributed by atoms with Crippen LogP contribution >= 0.6 is 0 Å². The third-order valence-electron chi connectivity index (χ3n) is 2.39. The molecular formula is C12H12N4O. The summed E-state index contributed by atoms with van der Waals surface area (Å²) in [4.78, 5) is 11.5. The first-order valence-corrected chi connectivity index (χ1v) is 5.08. The van der Waals surface area contributed by atoms with Crippen LogP contribution in [0.4, 0.5) is 5.69 Å². The number of hydrogen-bond acceptors (Lipinski definition) is 4. The number of rotatable bonds is 1. The lowest BCUT2D eigenvalue weighted by Crippen LogP contribution is -2.54. The summed E-state index contributed by atoms with van der Waals surface area (Å²) < 4.78 is 0. The van der Waals surface area contributed by atoms with Gasteiger partial charge in [-0.1, -0.05) is 5.92 Å². The van der Waals surface area contributed by atoms with E-state index in [0.717, 1.165) is 11.3 Å². The van der Waals surface area contributed by atoms with E-state index in [4.69, 9.17) is 6.42 Å². The Morgan fingerprint density at radius 3 is 2.53 bits per heavy atom. The monoisotopic (exact) mass is 228 g/mol. The van der Waals surface area contributed by atoms with Crippen LogP contribution in [-0.4, -0.2) is 23.7 Å². The fourth-order valence-electron chi connectivity index (χ4n) is 1.46. The van der Waals surface area contributed by atoms with Crippen LogP contribution in [0.25, 0.3) is 0 Å². The molecule has 1 N–H and O–H groups in total. The van der Waals surface area contributed by atoms with Crippen molar-refractivity contribution in [3.8, 4) is 12.3 Å². The van der Waals surface area contributed by atoms with Crippen LogP contribution in [0, 0.1) is 12.3 Å². The molecule has 86 valence electrons. The minimum Gasteiger partial charge on any atom is -0.266 e. The molecule has 0 atom stereocenters. The zero-order chi connectivity index (χ0) is 12.4. The third-order valence-corrected chi connectivity index (χ3v) is 2.39. The number of nitrogens with zero attached hydrogens (tertiary/aromatic N) is 3. The molecule has 0 spiro atoms. The predicted octanol–water partition coefficient (Wildman–Crippen LogP) is 0.742. The minimum absolute atomic E-state index is 0.151. The summed E-state index contributed by atoms with van der Waals surface area (Å²) in [5.74, 6) is 2.39. The van der Waals surface area contributed by atoms with Crippen LogP contribution in [0.5, 0.6) is 0 Å². The zero-order valence-corrected chi connectivity index (χ0v) is 9.64. The first kappa shape index (κ1) is 11.2. The molecule has 2 rings (SSSR count). The lowest BCUT2D eigenvalue weighted by atomic mass is 10.2. The SMILES string of the molecule is C#Cc1ccc(N2N=C(C)C(=O)N(C)N2)cc1. The lowest BCUT2D eigenvalue weighted by molar-refractivity contribution is -0.126. The summed E-state index contributed by atoms with van der Waals surface area (Å²) >= 11 is 0. The second-order valence-electron chi connectivity index (χ2n) is 3.65. The molecular weight excluding hydrogens is 216 g/mol. The smallest absolute Gasteiger partial charge is 0.266 e. The van der Waals surface area contributed by atoms with Crippen molar-refractivity contribution in [3.05, 3.63) is 29.8 Å². The molecule has 0 saturated carbocycles. The number of carbonyl (C=O) groups is 1. The highest BCUT2D eigenvalue weighted by atomic mass is 16.2. The van der Waals surface area contributed by atoms with Crippen LogP contribution in [0.15, 0.2) is 29.4 Å². The third kappa shape index (κ3) is 2.12. The molecule has 0 aliphatic carbocycles. The standard InChI is InChI=1S/C12H12N4O/c1-4-10-5-7-11(8-6-10)16-13-9(2)12(17)15(3)14-16/h1,5-8,14H,2-3H3. The maximum Gasteiger partial charge on any atom is 0.285 e. The van der Waals surface area contributed by atoms with Crippen molar-refractivity contribution in [2.75, 3.05) is 12.2 Å². The molecule has 1 heterocycles. The Hall–Kier alpha value is -2.32. The van der Waals surface area contributed by atoms with Crippen molar-refractivity contribution >= 4 is 17.3 Å². The van der Waals surface area contributed by atoms with Crippen molar-refractivity contribution < 1.29 is 4.79 Å². The van der Waals surface area contributed by atoms with E-state index < -0.39 is 0 Å². The van der Waals surface area contributed by atoms with Crippen molar-refractivity contribution in [2.24, 2.45) is 5.10 Å². The average Bonchev–Trinajstić information content (AvgIpc) is 2.35. The fourth-order valence-corrected chi connectivity index (χ4v) is 1.46. The topological polar surface area (TPSA) is 47.9 Å². The van der Waals surface area contributed by atoms with Crippen LogP contribution in [-0.2, 0) is 4.79 Å². The Morgan fingerprint density at radius 2 is 2.00 bits per heavy atom. The Labute approximate surface area is 99.7 Å². The Bertz CT molecular complexity index is 512. The molecule has 0 radical (unpaired) electrons. The van der Waals surface area contributed by atoms with Gasteiger partial charge in [-0.3, -0.25) is 9.80 Å². The number of amides is 1. The summed E-state index contributed by atoms with van der Waals surface area (Å²) in [7, 11) is 1.64.